The van der Waals surface area contributed by atoms with E-state index in [4.69, 9.17) is 10.00 Å². The van der Waals surface area contributed by atoms with E-state index in [0.717, 1.165) is 11.3 Å². The zero-order chi connectivity index (χ0) is 16.0. The molecule has 1 aromatic heterocycles. The van der Waals surface area contributed by atoms with Crippen LogP contribution >= 0.6 is 11.3 Å². The number of alkyl halides is 3. The molecule has 0 aromatic carbocycles. The van der Waals surface area contributed by atoms with Gasteiger partial charge >= 0.3 is 12.1 Å². The third-order valence-electron chi connectivity index (χ3n) is 2.71. The van der Waals surface area contributed by atoms with Gasteiger partial charge in [0.1, 0.15) is 0 Å². The summed E-state index contributed by atoms with van der Waals surface area (Å²) in [6, 6.07) is 4.71. The number of nitrogens with zero attached hydrogens (tertiary/aromatic N) is 1. The molecule has 1 aromatic rings. The van der Waals surface area contributed by atoms with E-state index < -0.39 is 36.2 Å². The van der Waals surface area contributed by atoms with Gasteiger partial charge in [-0.2, -0.15) is 18.4 Å². The van der Waals surface area contributed by atoms with Crippen LogP contribution in [0, 0.1) is 17.2 Å². The van der Waals surface area contributed by atoms with E-state index >= 15 is 0 Å². The van der Waals surface area contributed by atoms with Gasteiger partial charge in [0.2, 0.25) is 5.78 Å². The van der Waals surface area contributed by atoms with Crippen molar-refractivity contribution in [3.63, 3.8) is 0 Å². The summed E-state index contributed by atoms with van der Waals surface area (Å²) >= 11 is 1.08. The first-order chi connectivity index (χ1) is 9.81. The van der Waals surface area contributed by atoms with Crippen molar-refractivity contribution in [2.75, 3.05) is 6.61 Å². The molecular weight excluding hydrogens is 307 g/mol. The molecule has 114 valence electrons. The van der Waals surface area contributed by atoms with Crippen LogP contribution in [0.4, 0.5) is 13.2 Å². The van der Waals surface area contributed by atoms with Crippen molar-refractivity contribution in [3.8, 4) is 6.07 Å². The smallest absolute Gasteiger partial charge is 0.449 e. The van der Waals surface area contributed by atoms with Crippen molar-refractivity contribution in [2.45, 2.75) is 25.4 Å². The van der Waals surface area contributed by atoms with Gasteiger partial charge in [-0.15, -0.1) is 11.3 Å². The number of carbonyl (C=O) groups is 2. The van der Waals surface area contributed by atoms with E-state index in [0.29, 0.717) is 4.88 Å². The van der Waals surface area contributed by atoms with Crippen molar-refractivity contribution >= 4 is 23.1 Å². The van der Waals surface area contributed by atoms with Crippen LogP contribution in [0.15, 0.2) is 17.5 Å². The maximum atomic E-state index is 12.4. The van der Waals surface area contributed by atoms with Gasteiger partial charge in [0.05, 0.1) is 12.7 Å². The molecule has 0 saturated carbocycles. The Morgan fingerprint density at radius 1 is 1.48 bits per heavy atom. The molecule has 2 atom stereocenters. The molecule has 0 saturated heterocycles. The third kappa shape index (κ3) is 4.56. The van der Waals surface area contributed by atoms with Crippen LogP contribution in [0.3, 0.4) is 0 Å². The minimum absolute atomic E-state index is 0.00138. The molecule has 4 nitrogen and oxygen atoms in total. The quantitative estimate of drug-likeness (QED) is 0.756. The number of ketones is 1. The lowest BCUT2D eigenvalue weighted by atomic mass is 9.87. The van der Waals surface area contributed by atoms with Crippen molar-refractivity contribution < 1.29 is 27.5 Å². The Hall–Kier alpha value is -1.88. The van der Waals surface area contributed by atoms with Gasteiger partial charge in [-0.3, -0.25) is 9.59 Å². The average Bonchev–Trinajstić information content (AvgIpc) is 2.91. The number of thiophene rings is 1. The van der Waals surface area contributed by atoms with E-state index in [1.807, 2.05) is 0 Å². The highest BCUT2D eigenvalue weighted by Gasteiger charge is 2.43. The van der Waals surface area contributed by atoms with Gasteiger partial charge in [-0.05, 0) is 18.4 Å². The lowest BCUT2D eigenvalue weighted by molar-refractivity contribution is -0.172. The van der Waals surface area contributed by atoms with Crippen molar-refractivity contribution in [2.24, 2.45) is 5.92 Å². The Balaban J connectivity index is 3.06. The fourth-order valence-corrected chi connectivity index (χ4v) is 2.61. The maximum absolute atomic E-state index is 12.4. The minimum atomic E-state index is -5.00. The molecule has 0 fully saturated rings. The summed E-state index contributed by atoms with van der Waals surface area (Å²) in [5.41, 5.74) is 0. The lowest BCUT2D eigenvalue weighted by Gasteiger charge is -2.19. The third-order valence-corrected chi connectivity index (χ3v) is 3.72. The summed E-state index contributed by atoms with van der Waals surface area (Å²) in [4.78, 5) is 23.3. The van der Waals surface area contributed by atoms with E-state index in [9.17, 15) is 22.8 Å². The van der Waals surface area contributed by atoms with Crippen LogP contribution in [-0.4, -0.2) is 24.5 Å². The summed E-state index contributed by atoms with van der Waals surface area (Å²) in [7, 11) is 0. The first kappa shape index (κ1) is 17.2. The molecule has 0 aliphatic carbocycles. The monoisotopic (exact) mass is 319 g/mol. The molecule has 0 spiro atoms. The molecular formula is C13H12F3NO3S. The normalized spacial score (nSPS) is 14.0. The fourth-order valence-electron chi connectivity index (χ4n) is 1.74. The molecule has 2 unspecified atom stereocenters. The molecule has 1 heterocycles. The van der Waals surface area contributed by atoms with Crippen molar-refractivity contribution in [1.29, 1.82) is 5.26 Å². The summed E-state index contributed by atoms with van der Waals surface area (Å²) in [5.74, 6) is -5.50. The highest BCUT2D eigenvalue weighted by Crippen LogP contribution is 2.35. The summed E-state index contributed by atoms with van der Waals surface area (Å²) in [5, 5.41) is 10.7. The van der Waals surface area contributed by atoms with Crippen LogP contribution in [0.5, 0.6) is 0 Å². The molecule has 1 rings (SSSR count). The molecule has 0 N–H and O–H groups in total. The van der Waals surface area contributed by atoms with Crippen LogP contribution < -0.4 is 0 Å². The second-order valence-electron chi connectivity index (χ2n) is 4.11. The van der Waals surface area contributed by atoms with Gasteiger partial charge in [-0.1, -0.05) is 6.07 Å². The standard InChI is InChI=1S/C13H12F3NO3S/c1-2-20-12(19)9(7-17)8(10-4-3-5-21-10)6-11(18)13(14,15)16/h3-5,8-9H,2,6H2,1H3. The van der Waals surface area contributed by atoms with E-state index in [1.54, 1.807) is 17.5 Å². The number of hydrogen-bond acceptors (Lipinski definition) is 5. The molecule has 21 heavy (non-hydrogen) atoms. The van der Waals surface area contributed by atoms with Gasteiger partial charge < -0.3 is 4.74 Å². The predicted octanol–water partition coefficient (Wildman–Crippen LogP) is 3.06. The first-order valence-corrected chi connectivity index (χ1v) is 6.88. The Kier molecular flexibility index (Phi) is 5.90. The summed E-state index contributed by atoms with van der Waals surface area (Å²) in [6.07, 6.45) is -5.95. The number of hydrogen-bond donors (Lipinski definition) is 0. The molecule has 0 aliphatic heterocycles. The zero-order valence-corrected chi connectivity index (χ0v) is 11.8. The Bertz CT molecular complexity index is 534. The Morgan fingerprint density at radius 3 is 2.57 bits per heavy atom. The number of nitriles is 1. The Labute approximate surface area is 123 Å². The molecule has 0 aliphatic rings. The first-order valence-electron chi connectivity index (χ1n) is 6.01. The molecule has 8 heteroatoms. The number of esters is 1. The van der Waals surface area contributed by atoms with E-state index in [2.05, 4.69) is 0 Å². The number of halogens is 3. The van der Waals surface area contributed by atoms with E-state index in [-0.39, 0.29) is 6.61 Å². The molecule has 0 amide bonds. The highest BCUT2D eigenvalue weighted by atomic mass is 32.1. The highest BCUT2D eigenvalue weighted by molar-refractivity contribution is 7.10. The average molecular weight is 319 g/mol. The second-order valence-corrected chi connectivity index (χ2v) is 5.09. The lowest BCUT2D eigenvalue weighted by Crippen LogP contribution is -2.30. The zero-order valence-electron chi connectivity index (χ0n) is 11.0. The van der Waals surface area contributed by atoms with Crippen LogP contribution in [-0.2, 0) is 14.3 Å². The fraction of sp³-hybridized carbons (Fsp3) is 0.462. The second kappa shape index (κ2) is 7.22. The van der Waals surface area contributed by atoms with Crippen LogP contribution in [0.2, 0.25) is 0 Å². The van der Waals surface area contributed by atoms with Gasteiger partial charge in [0, 0.05) is 17.2 Å². The van der Waals surface area contributed by atoms with Crippen molar-refractivity contribution in [1.82, 2.24) is 0 Å². The number of ether oxygens (including phenoxy) is 1. The SMILES string of the molecule is CCOC(=O)C(C#N)C(CC(=O)C(F)(F)F)c1cccs1. The van der Waals surface area contributed by atoms with Gasteiger partial charge in [-0.25, -0.2) is 0 Å². The Morgan fingerprint density at radius 2 is 2.14 bits per heavy atom. The summed E-state index contributed by atoms with van der Waals surface area (Å²) < 4.78 is 42.0. The van der Waals surface area contributed by atoms with Gasteiger partial charge in [0.25, 0.3) is 0 Å². The van der Waals surface area contributed by atoms with Crippen molar-refractivity contribution in [3.05, 3.63) is 22.4 Å². The molecule has 0 radical (unpaired) electrons. The van der Waals surface area contributed by atoms with Gasteiger partial charge in [0.15, 0.2) is 5.92 Å². The topological polar surface area (TPSA) is 67.2 Å². The predicted molar refractivity (Wildman–Crippen MR) is 68.5 cm³/mol. The summed E-state index contributed by atoms with van der Waals surface area (Å²) in [6.45, 7) is 1.52. The van der Waals surface area contributed by atoms with E-state index in [1.165, 1.54) is 13.0 Å². The number of carbonyl (C=O) groups excluding carboxylic acids is 2. The molecule has 0 bridgehead atoms. The number of Topliss-reactive ketones (excluding diaryl/α,β-unsaturated/α-hetero) is 1. The largest absolute Gasteiger partial charge is 0.465 e. The van der Waals surface area contributed by atoms with Crippen LogP contribution in [0.25, 0.3) is 0 Å². The van der Waals surface area contributed by atoms with Crippen LogP contribution in [0.1, 0.15) is 24.1 Å². The number of rotatable bonds is 6. The minimum Gasteiger partial charge on any atom is -0.465 e. The maximum Gasteiger partial charge on any atom is 0.449 e.